The van der Waals surface area contributed by atoms with E-state index in [2.05, 4.69) is 10.6 Å². The largest absolute Gasteiger partial charge is 0.376 e. The van der Waals surface area contributed by atoms with E-state index in [4.69, 9.17) is 4.74 Å². The molecule has 0 spiro atoms. The Hall–Kier alpha value is -1.63. The third kappa shape index (κ3) is 4.93. The zero-order valence-electron chi connectivity index (χ0n) is 13.6. The van der Waals surface area contributed by atoms with Crippen LogP contribution in [0.1, 0.15) is 19.3 Å². The standard InChI is InChI=1S/C17H23N3O3.ClH/c21-16(19-13-5-2-1-3-6-13)11-15-17(22)20(9-8-18-15)12-14-7-4-10-23-14;/h1-3,5-6,14-15,18H,4,7-12H2,(H,19,21);1H. The minimum atomic E-state index is -0.450. The van der Waals surface area contributed by atoms with Crippen LogP contribution in [0.2, 0.25) is 0 Å². The van der Waals surface area contributed by atoms with E-state index in [1.54, 1.807) is 0 Å². The topological polar surface area (TPSA) is 70.7 Å². The molecule has 0 radical (unpaired) electrons. The van der Waals surface area contributed by atoms with Gasteiger partial charge in [-0.2, -0.15) is 0 Å². The van der Waals surface area contributed by atoms with Gasteiger partial charge in [-0.05, 0) is 25.0 Å². The Labute approximate surface area is 148 Å². The van der Waals surface area contributed by atoms with Gasteiger partial charge in [0.25, 0.3) is 0 Å². The second-order valence-electron chi connectivity index (χ2n) is 6.04. The molecule has 1 aromatic carbocycles. The summed E-state index contributed by atoms with van der Waals surface area (Å²) in [5, 5.41) is 5.97. The molecule has 6 nitrogen and oxygen atoms in total. The van der Waals surface area contributed by atoms with Crippen LogP contribution in [0.5, 0.6) is 0 Å². The van der Waals surface area contributed by atoms with Gasteiger partial charge in [-0.15, -0.1) is 12.4 Å². The van der Waals surface area contributed by atoms with Crippen LogP contribution >= 0.6 is 12.4 Å². The molecule has 0 aliphatic carbocycles. The lowest BCUT2D eigenvalue weighted by Gasteiger charge is -2.34. The number of hydrogen-bond acceptors (Lipinski definition) is 4. The van der Waals surface area contributed by atoms with Crippen molar-refractivity contribution < 1.29 is 14.3 Å². The quantitative estimate of drug-likeness (QED) is 0.839. The summed E-state index contributed by atoms with van der Waals surface area (Å²) in [6.07, 6.45) is 2.37. The van der Waals surface area contributed by atoms with E-state index in [0.717, 1.165) is 25.1 Å². The fourth-order valence-electron chi connectivity index (χ4n) is 3.09. The molecule has 2 N–H and O–H groups in total. The number of ether oxygens (including phenoxy) is 1. The van der Waals surface area contributed by atoms with E-state index in [1.807, 2.05) is 35.2 Å². The number of rotatable bonds is 5. The second kappa shape index (κ2) is 9.01. The monoisotopic (exact) mass is 353 g/mol. The maximum atomic E-state index is 12.5. The molecule has 2 heterocycles. The lowest BCUT2D eigenvalue weighted by atomic mass is 10.1. The number of amides is 2. The third-order valence-corrected chi connectivity index (χ3v) is 4.28. The lowest BCUT2D eigenvalue weighted by Crippen LogP contribution is -2.57. The first-order valence-corrected chi connectivity index (χ1v) is 8.21. The second-order valence-corrected chi connectivity index (χ2v) is 6.04. The van der Waals surface area contributed by atoms with Crippen LogP contribution in [-0.2, 0) is 14.3 Å². The van der Waals surface area contributed by atoms with Gasteiger partial charge in [-0.1, -0.05) is 18.2 Å². The van der Waals surface area contributed by atoms with Gasteiger partial charge in [0.15, 0.2) is 0 Å². The summed E-state index contributed by atoms with van der Waals surface area (Å²) in [6.45, 7) is 2.81. The van der Waals surface area contributed by atoms with E-state index in [-0.39, 0.29) is 36.7 Å². The normalized spacial score (nSPS) is 23.7. The number of nitrogens with one attached hydrogen (secondary N) is 2. The van der Waals surface area contributed by atoms with Crippen molar-refractivity contribution in [3.63, 3.8) is 0 Å². The van der Waals surface area contributed by atoms with Crippen LogP contribution in [0.15, 0.2) is 30.3 Å². The molecule has 24 heavy (non-hydrogen) atoms. The SMILES string of the molecule is Cl.O=C(CC1NCCN(CC2CCCO2)C1=O)Nc1ccccc1. The van der Waals surface area contributed by atoms with Gasteiger partial charge in [0.2, 0.25) is 11.8 Å². The molecule has 2 aliphatic rings. The van der Waals surface area contributed by atoms with E-state index < -0.39 is 6.04 Å². The fourth-order valence-corrected chi connectivity index (χ4v) is 3.09. The van der Waals surface area contributed by atoms with Crippen LogP contribution in [0, 0.1) is 0 Å². The predicted molar refractivity (Wildman–Crippen MR) is 94.3 cm³/mol. The van der Waals surface area contributed by atoms with Gasteiger partial charge in [0.1, 0.15) is 0 Å². The molecule has 0 bridgehead atoms. The molecule has 7 heteroatoms. The van der Waals surface area contributed by atoms with Crippen molar-refractivity contribution in [3.05, 3.63) is 30.3 Å². The Morgan fingerprint density at radius 3 is 2.83 bits per heavy atom. The molecule has 2 atom stereocenters. The molecule has 0 aromatic heterocycles. The Bertz CT molecular complexity index is 549. The number of para-hydroxylation sites is 1. The van der Waals surface area contributed by atoms with Crippen molar-refractivity contribution in [1.29, 1.82) is 0 Å². The Balaban J connectivity index is 0.00000208. The van der Waals surface area contributed by atoms with Crippen molar-refractivity contribution in [3.8, 4) is 0 Å². The highest BCUT2D eigenvalue weighted by Crippen LogP contribution is 2.16. The summed E-state index contributed by atoms with van der Waals surface area (Å²) in [4.78, 5) is 26.5. The smallest absolute Gasteiger partial charge is 0.240 e. The number of nitrogens with zero attached hydrogens (tertiary/aromatic N) is 1. The zero-order chi connectivity index (χ0) is 16.1. The number of halogens is 1. The number of benzene rings is 1. The van der Waals surface area contributed by atoms with Crippen molar-refractivity contribution >= 4 is 29.9 Å². The van der Waals surface area contributed by atoms with E-state index >= 15 is 0 Å². The lowest BCUT2D eigenvalue weighted by molar-refractivity contribution is -0.139. The van der Waals surface area contributed by atoms with Gasteiger partial charge >= 0.3 is 0 Å². The highest BCUT2D eigenvalue weighted by molar-refractivity contribution is 5.95. The van der Waals surface area contributed by atoms with Gasteiger partial charge in [0.05, 0.1) is 18.6 Å². The van der Waals surface area contributed by atoms with E-state index in [1.165, 1.54) is 0 Å². The number of hydrogen-bond donors (Lipinski definition) is 2. The number of piperazine rings is 1. The van der Waals surface area contributed by atoms with Crippen molar-refractivity contribution in [2.45, 2.75) is 31.4 Å². The summed E-state index contributed by atoms with van der Waals surface area (Å²) in [5.74, 6) is -0.157. The highest BCUT2D eigenvalue weighted by Gasteiger charge is 2.32. The number of carbonyl (C=O) groups excluding carboxylic acids is 2. The predicted octanol–water partition coefficient (Wildman–Crippen LogP) is 1.42. The molecule has 2 saturated heterocycles. The first-order valence-electron chi connectivity index (χ1n) is 8.21. The summed E-state index contributed by atoms with van der Waals surface area (Å²) >= 11 is 0. The van der Waals surface area contributed by atoms with E-state index in [9.17, 15) is 9.59 Å². The van der Waals surface area contributed by atoms with Gasteiger partial charge in [0, 0.05) is 31.9 Å². The third-order valence-electron chi connectivity index (χ3n) is 4.28. The molecule has 2 fully saturated rings. The maximum absolute atomic E-state index is 12.5. The molecular weight excluding hydrogens is 330 g/mol. The Kier molecular flexibility index (Phi) is 7.02. The average molecular weight is 354 g/mol. The molecule has 2 unspecified atom stereocenters. The zero-order valence-corrected chi connectivity index (χ0v) is 14.4. The van der Waals surface area contributed by atoms with Gasteiger partial charge < -0.3 is 20.3 Å². The minimum Gasteiger partial charge on any atom is -0.376 e. The molecule has 0 saturated carbocycles. The van der Waals surface area contributed by atoms with Crippen LogP contribution in [0.25, 0.3) is 0 Å². The Morgan fingerprint density at radius 1 is 1.33 bits per heavy atom. The Morgan fingerprint density at radius 2 is 2.12 bits per heavy atom. The fraction of sp³-hybridized carbons (Fsp3) is 0.529. The van der Waals surface area contributed by atoms with Crippen LogP contribution in [-0.4, -0.2) is 55.1 Å². The van der Waals surface area contributed by atoms with Crippen LogP contribution in [0.4, 0.5) is 5.69 Å². The van der Waals surface area contributed by atoms with Crippen molar-refractivity contribution in [1.82, 2.24) is 10.2 Å². The minimum absolute atomic E-state index is 0. The van der Waals surface area contributed by atoms with Gasteiger partial charge in [-0.3, -0.25) is 9.59 Å². The van der Waals surface area contributed by atoms with E-state index in [0.29, 0.717) is 19.6 Å². The summed E-state index contributed by atoms with van der Waals surface area (Å²) in [5.41, 5.74) is 0.747. The summed E-state index contributed by atoms with van der Waals surface area (Å²) in [6, 6.07) is 8.83. The molecule has 3 rings (SSSR count). The molecule has 132 valence electrons. The van der Waals surface area contributed by atoms with Crippen LogP contribution in [0.3, 0.4) is 0 Å². The first-order chi connectivity index (χ1) is 11.2. The average Bonchev–Trinajstić information content (AvgIpc) is 3.05. The molecule has 2 amide bonds. The molecular formula is C17H24ClN3O3. The highest BCUT2D eigenvalue weighted by atomic mass is 35.5. The maximum Gasteiger partial charge on any atom is 0.240 e. The van der Waals surface area contributed by atoms with Crippen molar-refractivity contribution in [2.75, 3.05) is 31.6 Å². The molecule has 1 aromatic rings. The van der Waals surface area contributed by atoms with Crippen molar-refractivity contribution in [2.24, 2.45) is 0 Å². The number of anilines is 1. The van der Waals surface area contributed by atoms with Gasteiger partial charge in [-0.25, -0.2) is 0 Å². The number of carbonyl (C=O) groups is 2. The summed E-state index contributed by atoms with van der Waals surface area (Å²) < 4.78 is 5.61. The van der Waals surface area contributed by atoms with Crippen LogP contribution < -0.4 is 10.6 Å². The summed E-state index contributed by atoms with van der Waals surface area (Å²) in [7, 11) is 0. The molecule has 2 aliphatic heterocycles. The first kappa shape index (κ1) is 18.7.